The van der Waals surface area contributed by atoms with E-state index in [0.29, 0.717) is 6.20 Å². The third-order valence-electron chi connectivity index (χ3n) is 4.82. The Bertz CT molecular complexity index is 1510. The Morgan fingerprint density at radius 3 is 1.33 bits per heavy atom. The Balaban J connectivity index is 0.000000215. The van der Waals surface area contributed by atoms with Crippen LogP contribution in [0.25, 0.3) is 46.4 Å². The van der Waals surface area contributed by atoms with Crippen LogP contribution in [-0.4, -0.2) is 29.9 Å². The second-order valence-corrected chi connectivity index (χ2v) is 7.32. The molecule has 9 heteroatoms. The maximum atomic E-state index is 12.0. The first kappa shape index (κ1) is 20.1. The van der Waals surface area contributed by atoms with Gasteiger partial charge in [-0.05, 0) is 72.8 Å². The van der Waals surface area contributed by atoms with E-state index in [0.717, 1.165) is 44.8 Å². The Hall–Kier alpha value is -4.79. The summed E-state index contributed by atoms with van der Waals surface area (Å²) in [6, 6.07) is 16.4. The maximum absolute atomic E-state index is 12.0. The van der Waals surface area contributed by atoms with E-state index in [1.807, 2.05) is 53.6 Å². The SMILES string of the molecule is C1=Cc2cc3ccc(cc4nc(cc5ccc(cc1n2)[nH]5)C=C4)[nH]3.O=c1[nH]cc(F)c(=O)[nH]1. The Morgan fingerprint density at radius 1 is 0.606 bits per heavy atom. The molecule has 0 saturated heterocycles. The zero-order valence-electron chi connectivity index (χ0n) is 17.1. The average Bonchev–Trinajstić information content (AvgIpc) is 3.57. The second kappa shape index (κ2) is 8.39. The van der Waals surface area contributed by atoms with Crippen LogP contribution in [0.2, 0.25) is 0 Å². The van der Waals surface area contributed by atoms with Gasteiger partial charge in [0.15, 0.2) is 0 Å². The van der Waals surface area contributed by atoms with Crippen LogP contribution in [0.3, 0.4) is 0 Å². The third-order valence-corrected chi connectivity index (χ3v) is 4.82. The zero-order valence-corrected chi connectivity index (χ0v) is 17.1. The van der Waals surface area contributed by atoms with E-state index in [4.69, 9.17) is 0 Å². The molecule has 4 aromatic heterocycles. The van der Waals surface area contributed by atoms with Gasteiger partial charge in [-0.2, -0.15) is 4.39 Å². The van der Waals surface area contributed by atoms with Gasteiger partial charge in [0, 0.05) is 28.3 Å². The van der Waals surface area contributed by atoms with Crippen molar-refractivity contribution in [2.45, 2.75) is 0 Å². The molecular weight excluding hydrogens is 423 g/mol. The molecule has 0 saturated carbocycles. The zero-order chi connectivity index (χ0) is 22.8. The predicted molar refractivity (Wildman–Crippen MR) is 126 cm³/mol. The first-order valence-corrected chi connectivity index (χ1v) is 10.0. The number of fused-ring (bicyclic) bond motifs is 8. The lowest BCUT2D eigenvalue weighted by molar-refractivity contribution is 0.597. The van der Waals surface area contributed by atoms with Crippen molar-refractivity contribution in [3.63, 3.8) is 0 Å². The molecule has 0 spiro atoms. The van der Waals surface area contributed by atoms with E-state index in [1.54, 1.807) is 4.98 Å². The monoisotopic (exact) mass is 440 g/mol. The van der Waals surface area contributed by atoms with Crippen molar-refractivity contribution < 1.29 is 4.39 Å². The van der Waals surface area contributed by atoms with Gasteiger partial charge in [-0.15, -0.1) is 0 Å². The molecule has 0 aromatic carbocycles. The van der Waals surface area contributed by atoms with Crippen molar-refractivity contribution >= 4 is 46.4 Å². The largest absolute Gasteiger partial charge is 0.355 e. The summed E-state index contributed by atoms with van der Waals surface area (Å²) in [5, 5.41) is 0. The fourth-order valence-electron chi connectivity index (χ4n) is 3.34. The molecule has 162 valence electrons. The third kappa shape index (κ3) is 4.77. The van der Waals surface area contributed by atoms with Gasteiger partial charge in [-0.3, -0.25) is 9.78 Å². The predicted octanol–water partition coefficient (Wildman–Crippen LogP) is 3.86. The molecule has 0 amide bonds. The van der Waals surface area contributed by atoms with Crippen LogP contribution in [0.1, 0.15) is 22.8 Å². The van der Waals surface area contributed by atoms with E-state index in [-0.39, 0.29) is 0 Å². The summed E-state index contributed by atoms with van der Waals surface area (Å²) in [5.41, 5.74) is 6.15. The average molecular weight is 440 g/mol. The molecule has 6 heterocycles. The fraction of sp³-hybridized carbons (Fsp3) is 0. The number of nitrogens with one attached hydrogen (secondary N) is 4. The number of H-pyrrole nitrogens is 4. The van der Waals surface area contributed by atoms with E-state index >= 15 is 0 Å². The summed E-state index contributed by atoms with van der Waals surface area (Å²) in [4.78, 5) is 40.0. The van der Waals surface area contributed by atoms with Crippen LogP contribution in [0.5, 0.6) is 0 Å². The topological polar surface area (TPSA) is 123 Å². The highest BCUT2D eigenvalue weighted by Gasteiger charge is 2.01. The normalized spacial score (nSPS) is 11.8. The molecule has 2 aliphatic rings. The van der Waals surface area contributed by atoms with Crippen LogP contribution in [0.15, 0.2) is 64.3 Å². The molecule has 6 rings (SSSR count). The number of rotatable bonds is 0. The number of hydrogen-bond acceptors (Lipinski definition) is 4. The smallest absolute Gasteiger partial charge is 0.325 e. The van der Waals surface area contributed by atoms with E-state index in [9.17, 15) is 14.0 Å². The first-order chi connectivity index (χ1) is 16.0. The second-order valence-electron chi connectivity index (χ2n) is 7.32. The number of nitrogens with zero attached hydrogens (tertiary/aromatic N) is 2. The fourth-order valence-corrected chi connectivity index (χ4v) is 3.34. The lowest BCUT2D eigenvalue weighted by Gasteiger charge is -1.85. The maximum Gasteiger partial charge on any atom is 0.325 e. The molecule has 2 aliphatic heterocycles. The molecular formula is C24H17FN6O2. The molecule has 0 radical (unpaired) electrons. The summed E-state index contributed by atoms with van der Waals surface area (Å²) in [5.74, 6) is -0.991. The van der Waals surface area contributed by atoms with Gasteiger partial charge >= 0.3 is 5.69 Å². The lowest BCUT2D eigenvalue weighted by atomic mass is 10.3. The molecule has 4 N–H and O–H groups in total. The minimum Gasteiger partial charge on any atom is -0.355 e. The summed E-state index contributed by atoms with van der Waals surface area (Å²) in [6.07, 6.45) is 8.80. The lowest BCUT2D eigenvalue weighted by Crippen LogP contribution is -2.23. The van der Waals surface area contributed by atoms with E-state index in [1.165, 1.54) is 0 Å². The van der Waals surface area contributed by atoms with Crippen molar-refractivity contribution in [3.8, 4) is 0 Å². The van der Waals surface area contributed by atoms with Crippen LogP contribution < -0.4 is 11.2 Å². The number of hydrogen-bond donors (Lipinski definition) is 4. The molecule has 4 aromatic rings. The number of halogens is 1. The van der Waals surface area contributed by atoms with Gasteiger partial charge in [0.05, 0.1) is 22.8 Å². The summed E-state index contributed by atoms with van der Waals surface area (Å²) in [6.45, 7) is 0. The number of aromatic amines is 4. The van der Waals surface area contributed by atoms with Crippen LogP contribution in [0, 0.1) is 5.82 Å². The van der Waals surface area contributed by atoms with E-state index < -0.39 is 17.1 Å². The minimum atomic E-state index is -1.00. The van der Waals surface area contributed by atoms with Gasteiger partial charge in [-0.25, -0.2) is 14.8 Å². The minimum absolute atomic E-state index is 0.707. The molecule has 0 fully saturated rings. The van der Waals surface area contributed by atoms with Crippen LogP contribution >= 0.6 is 0 Å². The summed E-state index contributed by atoms with van der Waals surface area (Å²) >= 11 is 0. The summed E-state index contributed by atoms with van der Waals surface area (Å²) in [7, 11) is 0. The molecule has 0 unspecified atom stereocenters. The van der Waals surface area contributed by atoms with Crippen molar-refractivity contribution in [1.82, 2.24) is 29.9 Å². The molecule has 8 nitrogen and oxygen atoms in total. The van der Waals surface area contributed by atoms with Gasteiger partial charge in [-0.1, -0.05) is 0 Å². The van der Waals surface area contributed by atoms with Crippen molar-refractivity contribution in [2.75, 3.05) is 0 Å². The van der Waals surface area contributed by atoms with Gasteiger partial charge < -0.3 is 15.0 Å². The van der Waals surface area contributed by atoms with Crippen molar-refractivity contribution in [1.29, 1.82) is 0 Å². The molecule has 0 atom stereocenters. The van der Waals surface area contributed by atoms with Gasteiger partial charge in [0.2, 0.25) is 5.82 Å². The summed E-state index contributed by atoms with van der Waals surface area (Å²) < 4.78 is 12.0. The molecule has 33 heavy (non-hydrogen) atoms. The molecule has 8 bridgehead atoms. The van der Waals surface area contributed by atoms with Gasteiger partial charge in [0.1, 0.15) is 0 Å². The highest BCUT2D eigenvalue weighted by molar-refractivity contribution is 5.77. The number of aromatic nitrogens is 6. The Labute approximate surface area is 185 Å². The molecule has 0 aliphatic carbocycles. The van der Waals surface area contributed by atoms with Crippen molar-refractivity contribution in [2.24, 2.45) is 0 Å². The van der Waals surface area contributed by atoms with Crippen LogP contribution in [-0.2, 0) is 0 Å². The highest BCUT2D eigenvalue weighted by Crippen LogP contribution is 2.16. The Kier molecular flexibility index (Phi) is 5.12. The van der Waals surface area contributed by atoms with E-state index in [2.05, 4.69) is 44.2 Å². The Morgan fingerprint density at radius 2 is 1.00 bits per heavy atom. The highest BCUT2D eigenvalue weighted by atomic mass is 19.1. The van der Waals surface area contributed by atoms with Gasteiger partial charge in [0.25, 0.3) is 5.56 Å². The van der Waals surface area contributed by atoms with Crippen molar-refractivity contribution in [3.05, 3.63) is 104 Å². The first-order valence-electron chi connectivity index (χ1n) is 10.0. The standard InChI is InChI=1S/C20H14N4.C4H3FN2O2/c1-2-14-10-16-5-6-18(23-16)12-20-8-7-19(24-20)11-17-4-3-15(22-17)9-13(1)21-14;5-2-1-6-4(9)7-3(2)8/h1-12,21,24H;1H,(H2,6,7,8,9). The van der Waals surface area contributed by atoms with Crippen LogP contribution in [0.4, 0.5) is 4.39 Å². The quantitative estimate of drug-likeness (QED) is 0.286.